The van der Waals surface area contributed by atoms with E-state index in [1.807, 2.05) is 73.8 Å². The second-order valence-electron chi connectivity index (χ2n) is 7.21. The number of hydrogen-bond donors (Lipinski definition) is 0. The normalized spacial score (nSPS) is 9.88. The number of nitrogens with zero attached hydrogens (tertiary/aromatic N) is 2. The molecule has 0 unspecified atom stereocenters. The van der Waals surface area contributed by atoms with Crippen molar-refractivity contribution in [2.45, 2.75) is 6.92 Å². The Kier molecular flexibility index (Phi) is 8.77. The molecule has 5 aromatic rings. The average molecular weight is 609 g/mol. The van der Waals surface area contributed by atoms with Gasteiger partial charge in [-0.3, -0.25) is 0 Å². The van der Waals surface area contributed by atoms with Crippen LogP contribution in [0.1, 0.15) is 5.56 Å². The van der Waals surface area contributed by atoms with Crippen LogP contribution in [0.5, 0.6) is 0 Å². The van der Waals surface area contributed by atoms with Crippen LogP contribution in [-0.4, -0.2) is 9.97 Å². The molecule has 0 aliphatic rings. The fraction of sp³-hybridized carbons (Fsp3) is 0.0345. The Morgan fingerprint density at radius 2 is 1.45 bits per heavy atom. The molecule has 0 spiro atoms. The molecular weight excluding hydrogens is 588 g/mol. The van der Waals surface area contributed by atoms with Crippen LogP contribution in [0.2, 0.25) is 0 Å². The molecule has 4 heteroatoms. The maximum absolute atomic E-state index is 12.9. The van der Waals surface area contributed by atoms with E-state index < -0.39 is 0 Å². The molecule has 0 aliphatic heterocycles. The van der Waals surface area contributed by atoms with Gasteiger partial charge in [-0.05, 0) is 41.1 Å². The second kappa shape index (κ2) is 12.0. The second-order valence-corrected chi connectivity index (χ2v) is 7.21. The molecule has 0 fully saturated rings. The van der Waals surface area contributed by atoms with E-state index in [0.29, 0.717) is 5.56 Å². The monoisotopic (exact) mass is 609 g/mol. The summed E-state index contributed by atoms with van der Waals surface area (Å²) in [6.45, 7) is 1.96. The fourth-order valence-electron chi connectivity index (χ4n) is 3.15. The topological polar surface area (TPSA) is 25.8 Å². The van der Waals surface area contributed by atoms with Crippen LogP contribution in [0.25, 0.3) is 33.6 Å². The molecule has 0 bridgehead atoms. The van der Waals surface area contributed by atoms with Crippen molar-refractivity contribution in [2.24, 2.45) is 0 Å². The van der Waals surface area contributed by atoms with E-state index in [-0.39, 0.29) is 25.9 Å². The maximum Gasteiger partial charge on any atom is 0.0418 e. The first kappa shape index (κ1) is 24.2. The third kappa shape index (κ3) is 6.76. The number of benzene rings is 3. The number of halogens is 1. The minimum atomic E-state index is -0.263. The third-order valence-corrected chi connectivity index (χ3v) is 4.80. The Morgan fingerprint density at radius 3 is 2.15 bits per heavy atom. The Hall–Kier alpha value is -3.46. The summed E-state index contributed by atoms with van der Waals surface area (Å²) in [6.07, 6.45) is 3.60. The third-order valence-electron chi connectivity index (χ3n) is 4.80. The van der Waals surface area contributed by atoms with Crippen LogP contribution < -0.4 is 0 Å². The van der Waals surface area contributed by atoms with Crippen LogP contribution in [-0.2, 0) is 20.1 Å². The first-order valence-electron chi connectivity index (χ1n) is 10.3. The summed E-state index contributed by atoms with van der Waals surface area (Å²) < 4.78 is 12.9. The quantitative estimate of drug-likeness (QED) is 0.202. The van der Waals surface area contributed by atoms with E-state index in [2.05, 4.69) is 40.3 Å². The number of aryl methyl sites for hydroxylation is 1. The van der Waals surface area contributed by atoms with Gasteiger partial charge in [-0.25, -0.2) is 4.39 Å². The molecule has 1 radical (unpaired) electrons. The number of pyridine rings is 2. The first-order chi connectivity index (χ1) is 15.7. The summed E-state index contributed by atoms with van der Waals surface area (Å²) in [5.74, 6) is -0.263. The Balaban J connectivity index is 0.000000186. The van der Waals surface area contributed by atoms with Gasteiger partial charge in [0.1, 0.15) is 0 Å². The molecule has 165 valence electrons. The summed E-state index contributed by atoms with van der Waals surface area (Å²) in [4.78, 5) is 8.60. The van der Waals surface area contributed by atoms with E-state index in [0.717, 1.165) is 22.5 Å². The van der Waals surface area contributed by atoms with Crippen LogP contribution in [0, 0.1) is 24.9 Å². The van der Waals surface area contributed by atoms with E-state index in [1.165, 1.54) is 23.3 Å². The largest absolute Gasteiger partial charge is 0.305 e. The molecule has 33 heavy (non-hydrogen) atoms. The molecular formula is C29H21FIrN2-2. The smallest absolute Gasteiger partial charge is 0.0418 e. The van der Waals surface area contributed by atoms with Crippen molar-refractivity contribution in [1.29, 1.82) is 0 Å². The van der Waals surface area contributed by atoms with E-state index in [4.69, 9.17) is 0 Å². The molecule has 2 aromatic heterocycles. The molecule has 0 saturated heterocycles. The van der Waals surface area contributed by atoms with E-state index in [9.17, 15) is 4.39 Å². The van der Waals surface area contributed by atoms with Crippen molar-refractivity contribution in [1.82, 2.24) is 9.97 Å². The summed E-state index contributed by atoms with van der Waals surface area (Å²) in [6, 6.07) is 36.7. The van der Waals surface area contributed by atoms with Crippen molar-refractivity contribution in [2.75, 3.05) is 0 Å². The van der Waals surface area contributed by atoms with Gasteiger partial charge < -0.3 is 9.97 Å². The standard InChI is InChI=1S/C17H12N.C12H9FN.Ir/c1-3-7-14(8-4-1)16-11-12-18-17(13-16)15-9-5-2-6-10-15;1-9-5-6-12(14-8-9)10-3-2-4-11(13)7-10;/h1-9,11-13H;2,4-8H,1H3;/q2*-1;. The Labute approximate surface area is 207 Å². The predicted molar refractivity (Wildman–Crippen MR) is 127 cm³/mol. The SMILES string of the molecule is Cc1ccc(-c2[c-]ccc(F)c2)nc1.[Ir].[c-]1ccccc1-c1cc(-c2ccccc2)ccn1. The van der Waals surface area contributed by atoms with Gasteiger partial charge in [0, 0.05) is 38.3 Å². The minimum Gasteiger partial charge on any atom is -0.305 e. The molecule has 0 saturated carbocycles. The zero-order valence-electron chi connectivity index (χ0n) is 18.0. The van der Waals surface area contributed by atoms with E-state index >= 15 is 0 Å². The molecule has 0 atom stereocenters. The van der Waals surface area contributed by atoms with Gasteiger partial charge in [0.05, 0.1) is 0 Å². The summed E-state index contributed by atoms with van der Waals surface area (Å²) in [5, 5.41) is 0. The Bertz CT molecular complexity index is 1220. The summed E-state index contributed by atoms with van der Waals surface area (Å²) in [5.41, 5.74) is 6.88. The van der Waals surface area contributed by atoms with Crippen molar-refractivity contribution < 1.29 is 24.5 Å². The number of aromatic nitrogens is 2. The van der Waals surface area contributed by atoms with Gasteiger partial charge in [-0.2, -0.15) is 0 Å². The number of hydrogen-bond acceptors (Lipinski definition) is 2. The van der Waals surface area contributed by atoms with Crippen LogP contribution in [0.4, 0.5) is 4.39 Å². The molecule has 0 N–H and O–H groups in total. The average Bonchev–Trinajstić information content (AvgIpc) is 2.86. The first-order valence-corrected chi connectivity index (χ1v) is 10.3. The van der Waals surface area contributed by atoms with Crippen molar-refractivity contribution in [3.63, 3.8) is 0 Å². The van der Waals surface area contributed by atoms with Crippen LogP contribution in [0.15, 0.2) is 109 Å². The number of rotatable bonds is 3. The minimum absolute atomic E-state index is 0. The van der Waals surface area contributed by atoms with Gasteiger partial charge in [0.25, 0.3) is 0 Å². The molecule has 2 heterocycles. The van der Waals surface area contributed by atoms with Crippen LogP contribution >= 0.6 is 0 Å². The molecule has 3 aromatic carbocycles. The molecule has 0 amide bonds. The van der Waals surface area contributed by atoms with Gasteiger partial charge in [0.2, 0.25) is 0 Å². The fourth-order valence-corrected chi connectivity index (χ4v) is 3.15. The molecule has 2 nitrogen and oxygen atoms in total. The zero-order chi connectivity index (χ0) is 22.2. The molecule has 5 rings (SSSR count). The van der Waals surface area contributed by atoms with Gasteiger partial charge in [-0.1, -0.05) is 48.5 Å². The maximum atomic E-state index is 12.9. The van der Waals surface area contributed by atoms with Gasteiger partial charge >= 0.3 is 0 Å². The van der Waals surface area contributed by atoms with Gasteiger partial charge in [0.15, 0.2) is 0 Å². The zero-order valence-corrected chi connectivity index (χ0v) is 20.4. The van der Waals surface area contributed by atoms with Crippen molar-refractivity contribution in [3.8, 4) is 33.6 Å². The summed E-state index contributed by atoms with van der Waals surface area (Å²) >= 11 is 0. The van der Waals surface area contributed by atoms with Gasteiger partial charge in [-0.15, -0.1) is 65.7 Å². The summed E-state index contributed by atoms with van der Waals surface area (Å²) in [7, 11) is 0. The van der Waals surface area contributed by atoms with Crippen molar-refractivity contribution >= 4 is 0 Å². The van der Waals surface area contributed by atoms with Crippen LogP contribution in [0.3, 0.4) is 0 Å². The predicted octanol–water partition coefficient (Wildman–Crippen LogP) is 7.21. The van der Waals surface area contributed by atoms with Crippen molar-refractivity contribution in [3.05, 3.63) is 133 Å². The Morgan fingerprint density at radius 1 is 0.667 bits per heavy atom. The van der Waals surface area contributed by atoms with E-state index in [1.54, 1.807) is 12.3 Å². The molecule has 0 aliphatic carbocycles.